The van der Waals surface area contributed by atoms with E-state index >= 15 is 0 Å². The number of unbranched alkanes of at least 4 members (excludes halogenated alkanes) is 2. The third-order valence-corrected chi connectivity index (χ3v) is 3.22. The number of rotatable bonds is 8. The van der Waals surface area contributed by atoms with E-state index in [0.717, 1.165) is 24.1 Å². The van der Waals surface area contributed by atoms with Crippen molar-refractivity contribution in [2.45, 2.75) is 44.9 Å². The smallest absolute Gasteiger partial charge is 0.303 e. The van der Waals surface area contributed by atoms with E-state index in [9.17, 15) is 9.59 Å². The van der Waals surface area contributed by atoms with Gasteiger partial charge < -0.3 is 10.4 Å². The van der Waals surface area contributed by atoms with E-state index in [-0.39, 0.29) is 18.2 Å². The van der Waals surface area contributed by atoms with Gasteiger partial charge in [-0.05, 0) is 36.5 Å². The van der Waals surface area contributed by atoms with E-state index in [4.69, 9.17) is 11.5 Å². The third kappa shape index (κ3) is 6.62. The molecule has 0 aliphatic carbocycles. The lowest BCUT2D eigenvalue weighted by Gasteiger charge is -2.10. The van der Waals surface area contributed by atoms with E-state index in [1.165, 1.54) is 0 Å². The van der Waals surface area contributed by atoms with Crippen molar-refractivity contribution < 1.29 is 14.7 Å². The second-order valence-electron chi connectivity index (χ2n) is 5.08. The third-order valence-electron chi connectivity index (χ3n) is 3.22. The van der Waals surface area contributed by atoms with Crippen LogP contribution >= 0.6 is 0 Å². The average Bonchev–Trinajstić information content (AvgIpc) is 2.43. The van der Waals surface area contributed by atoms with Crippen LogP contribution in [0.15, 0.2) is 24.3 Å². The van der Waals surface area contributed by atoms with Crippen LogP contribution in [0.5, 0.6) is 0 Å². The Hall–Kier alpha value is -2.28. The molecule has 0 aliphatic rings. The minimum absolute atomic E-state index is 0.0293. The number of hydrogen-bond acceptors (Lipinski definition) is 2. The zero-order valence-electron chi connectivity index (χ0n) is 12.3. The summed E-state index contributed by atoms with van der Waals surface area (Å²) in [5, 5.41) is 11.6. The van der Waals surface area contributed by atoms with Crippen molar-refractivity contribution in [2.24, 2.45) is 0 Å². The fourth-order valence-corrected chi connectivity index (χ4v) is 2.01. The predicted molar refractivity (Wildman–Crippen MR) is 83.0 cm³/mol. The SMILES string of the molecule is C#CCCCCC(=O)Nc1ccc(C(C)CC(=O)O)cc1. The van der Waals surface area contributed by atoms with Crippen molar-refractivity contribution in [3.8, 4) is 12.3 Å². The maximum atomic E-state index is 11.7. The molecule has 0 radical (unpaired) electrons. The number of carbonyl (C=O) groups excluding carboxylic acids is 1. The zero-order chi connectivity index (χ0) is 15.7. The summed E-state index contributed by atoms with van der Waals surface area (Å²) in [6.07, 6.45) is 8.04. The molecule has 1 rings (SSSR count). The zero-order valence-corrected chi connectivity index (χ0v) is 12.3. The molecule has 0 saturated heterocycles. The molecule has 2 N–H and O–H groups in total. The highest BCUT2D eigenvalue weighted by atomic mass is 16.4. The highest BCUT2D eigenvalue weighted by Gasteiger charge is 2.10. The van der Waals surface area contributed by atoms with E-state index in [1.807, 2.05) is 19.1 Å². The first-order valence-corrected chi connectivity index (χ1v) is 7.08. The molecule has 1 atom stereocenters. The molecule has 1 unspecified atom stereocenters. The molecule has 0 heterocycles. The normalized spacial score (nSPS) is 11.4. The van der Waals surface area contributed by atoms with Crippen LogP contribution in [0, 0.1) is 12.3 Å². The number of anilines is 1. The lowest BCUT2D eigenvalue weighted by Crippen LogP contribution is -2.11. The Kier molecular flexibility index (Phi) is 7.03. The van der Waals surface area contributed by atoms with Gasteiger partial charge in [0.1, 0.15) is 0 Å². The number of benzene rings is 1. The molecule has 0 aromatic heterocycles. The van der Waals surface area contributed by atoms with Gasteiger partial charge in [0.15, 0.2) is 0 Å². The molecule has 0 spiro atoms. The molecule has 4 nitrogen and oxygen atoms in total. The Balaban J connectivity index is 2.45. The van der Waals surface area contributed by atoms with Crippen LogP contribution < -0.4 is 5.32 Å². The lowest BCUT2D eigenvalue weighted by molar-refractivity contribution is -0.137. The molecule has 21 heavy (non-hydrogen) atoms. The Bertz CT molecular complexity index is 514. The summed E-state index contributed by atoms with van der Waals surface area (Å²) in [4.78, 5) is 22.4. The van der Waals surface area contributed by atoms with Gasteiger partial charge in [-0.2, -0.15) is 0 Å². The van der Waals surface area contributed by atoms with Crippen LogP contribution in [0.25, 0.3) is 0 Å². The van der Waals surface area contributed by atoms with Crippen LogP contribution in [-0.4, -0.2) is 17.0 Å². The minimum Gasteiger partial charge on any atom is -0.481 e. The van der Waals surface area contributed by atoms with Crippen molar-refractivity contribution >= 4 is 17.6 Å². The molecule has 0 fully saturated rings. The van der Waals surface area contributed by atoms with Gasteiger partial charge in [0.2, 0.25) is 5.91 Å². The molecular weight excluding hydrogens is 266 g/mol. The molecule has 1 aromatic rings. The Morgan fingerprint density at radius 2 is 1.95 bits per heavy atom. The van der Waals surface area contributed by atoms with Crippen molar-refractivity contribution in [1.82, 2.24) is 0 Å². The number of hydrogen-bond donors (Lipinski definition) is 2. The number of carbonyl (C=O) groups is 2. The number of nitrogens with one attached hydrogen (secondary N) is 1. The van der Waals surface area contributed by atoms with Gasteiger partial charge in [-0.15, -0.1) is 12.3 Å². The van der Waals surface area contributed by atoms with E-state index in [0.29, 0.717) is 12.8 Å². The van der Waals surface area contributed by atoms with Crippen LogP contribution in [-0.2, 0) is 9.59 Å². The molecule has 0 saturated carbocycles. The standard InChI is InChI=1S/C17H21NO3/c1-3-4-5-6-7-16(19)18-15-10-8-14(9-11-15)13(2)12-17(20)21/h1,8-11,13H,4-7,12H2,2H3,(H,18,19)(H,20,21). The first-order valence-electron chi connectivity index (χ1n) is 7.08. The van der Waals surface area contributed by atoms with Gasteiger partial charge in [-0.3, -0.25) is 9.59 Å². The first kappa shape index (κ1) is 16.8. The Morgan fingerprint density at radius 1 is 1.29 bits per heavy atom. The molecule has 0 aliphatic heterocycles. The summed E-state index contributed by atoms with van der Waals surface area (Å²) in [5.74, 6) is 1.66. The van der Waals surface area contributed by atoms with E-state index in [2.05, 4.69) is 11.2 Å². The van der Waals surface area contributed by atoms with Crippen molar-refractivity contribution in [1.29, 1.82) is 0 Å². The minimum atomic E-state index is -0.813. The van der Waals surface area contributed by atoms with E-state index in [1.54, 1.807) is 12.1 Å². The van der Waals surface area contributed by atoms with E-state index < -0.39 is 5.97 Å². The summed E-state index contributed by atoms with van der Waals surface area (Å²) in [7, 11) is 0. The number of terminal acetylenes is 1. The van der Waals surface area contributed by atoms with Crippen LogP contribution in [0.4, 0.5) is 5.69 Å². The van der Waals surface area contributed by atoms with Crippen molar-refractivity contribution in [3.63, 3.8) is 0 Å². The fourth-order valence-electron chi connectivity index (χ4n) is 2.01. The summed E-state index contributed by atoms with van der Waals surface area (Å²) in [6.45, 7) is 1.87. The number of aliphatic carboxylic acids is 1. The monoisotopic (exact) mass is 287 g/mol. The summed E-state index contributed by atoms with van der Waals surface area (Å²) >= 11 is 0. The summed E-state index contributed by atoms with van der Waals surface area (Å²) < 4.78 is 0. The van der Waals surface area contributed by atoms with Gasteiger partial charge in [-0.25, -0.2) is 0 Å². The molecule has 112 valence electrons. The summed E-state index contributed by atoms with van der Waals surface area (Å²) in [6, 6.07) is 7.29. The van der Waals surface area contributed by atoms with Crippen LogP contribution in [0.1, 0.15) is 50.5 Å². The average molecular weight is 287 g/mol. The molecular formula is C17H21NO3. The maximum Gasteiger partial charge on any atom is 0.303 e. The second kappa shape index (κ2) is 8.80. The van der Waals surface area contributed by atoms with Gasteiger partial charge in [0, 0.05) is 18.5 Å². The second-order valence-corrected chi connectivity index (χ2v) is 5.08. The Morgan fingerprint density at radius 3 is 2.52 bits per heavy atom. The molecule has 0 bridgehead atoms. The fraction of sp³-hybridized carbons (Fsp3) is 0.412. The lowest BCUT2D eigenvalue weighted by atomic mass is 9.98. The maximum absolute atomic E-state index is 11.7. The largest absolute Gasteiger partial charge is 0.481 e. The highest BCUT2D eigenvalue weighted by molar-refractivity contribution is 5.90. The predicted octanol–water partition coefficient (Wildman–Crippen LogP) is 3.40. The Labute approximate surface area is 125 Å². The van der Waals surface area contributed by atoms with Crippen molar-refractivity contribution in [3.05, 3.63) is 29.8 Å². The van der Waals surface area contributed by atoms with Gasteiger partial charge >= 0.3 is 5.97 Å². The molecule has 1 aromatic carbocycles. The molecule has 1 amide bonds. The number of carboxylic acids is 1. The molecule has 4 heteroatoms. The number of carboxylic acid groups (broad SMARTS) is 1. The topological polar surface area (TPSA) is 66.4 Å². The van der Waals surface area contributed by atoms with Crippen molar-refractivity contribution in [2.75, 3.05) is 5.32 Å². The first-order chi connectivity index (χ1) is 10.0. The van der Waals surface area contributed by atoms with Crippen LogP contribution in [0.2, 0.25) is 0 Å². The highest BCUT2D eigenvalue weighted by Crippen LogP contribution is 2.21. The summed E-state index contributed by atoms with van der Waals surface area (Å²) in [5.41, 5.74) is 1.67. The van der Waals surface area contributed by atoms with Gasteiger partial charge in [0.05, 0.1) is 6.42 Å². The van der Waals surface area contributed by atoms with Crippen LogP contribution in [0.3, 0.4) is 0 Å². The number of amides is 1. The van der Waals surface area contributed by atoms with Gasteiger partial charge in [0.25, 0.3) is 0 Å². The quantitative estimate of drug-likeness (QED) is 0.569. The van der Waals surface area contributed by atoms with Gasteiger partial charge in [-0.1, -0.05) is 19.1 Å².